The lowest BCUT2D eigenvalue weighted by atomic mass is 9.92. The van der Waals surface area contributed by atoms with Crippen LogP contribution < -0.4 is 19.1 Å². The summed E-state index contributed by atoms with van der Waals surface area (Å²) in [7, 11) is 3.39. The van der Waals surface area contributed by atoms with Gasteiger partial charge >= 0.3 is 0 Å². The van der Waals surface area contributed by atoms with Gasteiger partial charge in [-0.3, -0.25) is 0 Å². The van der Waals surface area contributed by atoms with Gasteiger partial charge in [0.25, 0.3) is 0 Å². The van der Waals surface area contributed by atoms with Gasteiger partial charge in [0.1, 0.15) is 17.2 Å². The summed E-state index contributed by atoms with van der Waals surface area (Å²) in [5.41, 5.74) is 5.74. The highest BCUT2D eigenvalue weighted by Gasteiger charge is 2.23. The molecule has 4 aromatic rings. The normalized spacial score (nSPS) is 13.5. The van der Waals surface area contributed by atoms with Crippen LogP contribution in [0.25, 0.3) is 33.0 Å². The second kappa shape index (κ2) is 13.4. The first-order chi connectivity index (χ1) is 19.6. The molecule has 0 amide bonds. The van der Waals surface area contributed by atoms with Crippen LogP contribution in [0.4, 0.5) is 5.69 Å². The second-order valence-electron chi connectivity index (χ2n) is 9.74. The van der Waals surface area contributed by atoms with Crippen LogP contribution in [-0.4, -0.2) is 53.4 Å². The molecule has 0 unspecified atom stereocenters. The fourth-order valence-electron chi connectivity index (χ4n) is 5.19. The maximum atomic E-state index is 6.44. The monoisotopic (exact) mass is 669 g/mol. The van der Waals surface area contributed by atoms with E-state index in [1.54, 1.807) is 26.0 Å². The molecule has 7 heteroatoms. The minimum absolute atomic E-state index is 0.690. The summed E-state index contributed by atoms with van der Waals surface area (Å²) in [4.78, 5) is 3.69. The number of unbranched alkanes of at least 4 members (excludes halogenated alkanes) is 1. The molecule has 1 saturated heterocycles. The van der Waals surface area contributed by atoms with Gasteiger partial charge in [-0.05, 0) is 88.7 Å². The maximum Gasteiger partial charge on any atom is 0.130 e. The molecule has 40 heavy (non-hydrogen) atoms. The number of anilines is 1. The number of hydrogen-bond donors (Lipinski definition) is 0. The third kappa shape index (κ3) is 6.02. The highest BCUT2D eigenvalue weighted by molar-refractivity contribution is 14.1. The van der Waals surface area contributed by atoms with Crippen molar-refractivity contribution >= 4 is 50.8 Å². The largest absolute Gasteiger partial charge is 0.497 e. The topological polar surface area (TPSA) is 40.2 Å². The van der Waals surface area contributed by atoms with E-state index in [1.165, 1.54) is 30.7 Å². The molecule has 0 atom stereocenters. The van der Waals surface area contributed by atoms with Gasteiger partial charge < -0.3 is 23.8 Å². The fourth-order valence-corrected chi connectivity index (χ4v) is 6.49. The van der Waals surface area contributed by atoms with Gasteiger partial charge in [0.15, 0.2) is 0 Å². The predicted molar refractivity (Wildman–Crippen MR) is 176 cm³/mol. The van der Waals surface area contributed by atoms with Crippen molar-refractivity contribution in [3.05, 3.63) is 64.2 Å². The summed E-state index contributed by atoms with van der Waals surface area (Å²) in [6, 6.07) is 21.7. The third-order valence-electron chi connectivity index (χ3n) is 7.35. The Labute approximate surface area is 255 Å². The first-order valence-electron chi connectivity index (χ1n) is 13.7. The predicted octanol–water partition coefficient (Wildman–Crippen LogP) is 8.53. The average molecular weight is 670 g/mol. The minimum Gasteiger partial charge on any atom is -0.497 e. The lowest BCUT2D eigenvalue weighted by molar-refractivity contribution is 0.123. The molecule has 210 valence electrons. The van der Waals surface area contributed by atoms with Gasteiger partial charge in [-0.2, -0.15) is 0 Å². The van der Waals surface area contributed by atoms with Crippen molar-refractivity contribution in [1.82, 2.24) is 0 Å². The van der Waals surface area contributed by atoms with E-state index in [1.807, 2.05) is 12.1 Å². The Morgan fingerprint density at radius 2 is 1.65 bits per heavy atom. The molecule has 1 heterocycles. The molecule has 0 aliphatic carbocycles. The zero-order valence-electron chi connectivity index (χ0n) is 23.6. The number of fused-ring (bicyclic) bond motifs is 1. The summed E-state index contributed by atoms with van der Waals surface area (Å²) in [5, 5.41) is 2.29. The van der Waals surface area contributed by atoms with Gasteiger partial charge in [-0.1, -0.05) is 25.5 Å². The number of rotatable bonds is 10. The van der Waals surface area contributed by atoms with E-state index in [2.05, 4.69) is 89.2 Å². The number of thioether (sulfide) groups is 1. The Kier molecular flexibility index (Phi) is 9.65. The van der Waals surface area contributed by atoms with Crippen LogP contribution in [-0.2, 0) is 4.74 Å². The van der Waals surface area contributed by atoms with E-state index >= 15 is 0 Å². The van der Waals surface area contributed by atoms with E-state index in [4.69, 9.17) is 18.9 Å². The highest BCUT2D eigenvalue weighted by Crippen LogP contribution is 2.46. The van der Waals surface area contributed by atoms with Crippen LogP contribution in [0.1, 0.15) is 19.8 Å². The Morgan fingerprint density at radius 1 is 0.875 bits per heavy atom. The molecule has 0 N–H and O–H groups in total. The molecule has 0 bridgehead atoms. The Bertz CT molecular complexity index is 1470. The Morgan fingerprint density at radius 3 is 2.33 bits per heavy atom. The van der Waals surface area contributed by atoms with Crippen LogP contribution in [0.5, 0.6) is 17.2 Å². The molecule has 0 radical (unpaired) electrons. The molecule has 1 aliphatic rings. The maximum absolute atomic E-state index is 6.44. The molecule has 1 aliphatic heterocycles. The first-order valence-corrected chi connectivity index (χ1v) is 16.0. The van der Waals surface area contributed by atoms with Gasteiger partial charge in [0, 0.05) is 55.4 Å². The van der Waals surface area contributed by atoms with E-state index in [0.717, 1.165) is 59.7 Å². The minimum atomic E-state index is 0.690. The standard InChI is InChI=1S/C33H36INO4S/c1-5-6-15-39-32-21-29(34)33(22-7-10-24(40-4)11-8-22)28-20-30(35-13-16-38-17-14-35)26(19-27(28)32)25-12-9-23(36-2)18-31(25)37-3/h7-12,18-21H,5-6,13-17H2,1-4H3. The number of halogens is 1. The number of methoxy groups -OCH3 is 2. The van der Waals surface area contributed by atoms with Crippen molar-refractivity contribution < 1.29 is 18.9 Å². The van der Waals surface area contributed by atoms with Gasteiger partial charge in [0.2, 0.25) is 0 Å². The van der Waals surface area contributed by atoms with E-state index in [-0.39, 0.29) is 0 Å². The Hall–Kier alpha value is -2.62. The van der Waals surface area contributed by atoms with E-state index in [9.17, 15) is 0 Å². The second-order valence-corrected chi connectivity index (χ2v) is 11.8. The van der Waals surface area contributed by atoms with Crippen LogP contribution >= 0.6 is 34.4 Å². The molecular formula is C33H36INO4S. The first kappa shape index (κ1) is 28.9. The lowest BCUT2D eigenvalue weighted by Gasteiger charge is -2.32. The highest BCUT2D eigenvalue weighted by atomic mass is 127. The molecule has 0 aromatic heterocycles. The van der Waals surface area contributed by atoms with Crippen molar-refractivity contribution in [2.45, 2.75) is 24.7 Å². The van der Waals surface area contributed by atoms with E-state index < -0.39 is 0 Å². The molecule has 5 nitrogen and oxygen atoms in total. The molecular weight excluding hydrogens is 633 g/mol. The smallest absolute Gasteiger partial charge is 0.130 e. The summed E-state index contributed by atoms with van der Waals surface area (Å²) in [6.45, 7) is 5.96. The fraction of sp³-hybridized carbons (Fsp3) is 0.333. The van der Waals surface area contributed by atoms with Crippen molar-refractivity contribution in [2.24, 2.45) is 0 Å². The number of ether oxygens (including phenoxy) is 4. The van der Waals surface area contributed by atoms with Crippen molar-refractivity contribution in [3.63, 3.8) is 0 Å². The van der Waals surface area contributed by atoms with Gasteiger partial charge in [0.05, 0.1) is 34.0 Å². The summed E-state index contributed by atoms with van der Waals surface area (Å²) in [6.07, 6.45) is 4.21. The van der Waals surface area contributed by atoms with Crippen molar-refractivity contribution in [3.8, 4) is 39.5 Å². The SMILES string of the molecule is CCCCOc1cc(I)c(-c2ccc(SC)cc2)c2cc(N3CCOCC3)c(-c3ccc(OC)cc3OC)cc12. The summed E-state index contributed by atoms with van der Waals surface area (Å²) >= 11 is 4.23. The average Bonchev–Trinajstić information content (AvgIpc) is 3.01. The van der Waals surface area contributed by atoms with Gasteiger partial charge in [-0.15, -0.1) is 11.8 Å². The van der Waals surface area contributed by atoms with Crippen LogP contribution in [0.3, 0.4) is 0 Å². The summed E-state index contributed by atoms with van der Waals surface area (Å²) in [5.74, 6) is 2.46. The summed E-state index contributed by atoms with van der Waals surface area (Å²) < 4.78 is 24.7. The quantitative estimate of drug-likeness (QED) is 0.0958. The Balaban J connectivity index is 1.80. The molecule has 5 rings (SSSR count). The van der Waals surface area contributed by atoms with Crippen molar-refractivity contribution in [2.75, 3.05) is 58.3 Å². The third-order valence-corrected chi connectivity index (χ3v) is 8.95. The molecule has 1 fully saturated rings. The van der Waals surface area contributed by atoms with Crippen LogP contribution in [0.2, 0.25) is 0 Å². The zero-order valence-corrected chi connectivity index (χ0v) is 26.6. The van der Waals surface area contributed by atoms with Crippen molar-refractivity contribution in [1.29, 1.82) is 0 Å². The van der Waals surface area contributed by atoms with Crippen LogP contribution in [0, 0.1) is 3.57 Å². The van der Waals surface area contributed by atoms with Gasteiger partial charge in [-0.25, -0.2) is 0 Å². The number of hydrogen-bond acceptors (Lipinski definition) is 6. The lowest BCUT2D eigenvalue weighted by Crippen LogP contribution is -2.36. The number of morpholine rings is 1. The number of benzene rings is 4. The molecule has 0 spiro atoms. The van der Waals surface area contributed by atoms with E-state index in [0.29, 0.717) is 19.8 Å². The zero-order chi connectivity index (χ0) is 28.1. The number of nitrogens with zero attached hydrogens (tertiary/aromatic N) is 1. The molecule has 4 aromatic carbocycles. The van der Waals surface area contributed by atoms with Crippen LogP contribution in [0.15, 0.2) is 65.6 Å². The molecule has 0 saturated carbocycles.